The van der Waals surface area contributed by atoms with Gasteiger partial charge in [-0.1, -0.05) is 25.1 Å². The van der Waals surface area contributed by atoms with Gasteiger partial charge in [0.25, 0.3) is 0 Å². The van der Waals surface area contributed by atoms with E-state index in [0.29, 0.717) is 6.04 Å². The SMILES string of the molecule is CCc1cc(CC(NC)c2c(C)cccc2C)n(C)n1. The summed E-state index contributed by atoms with van der Waals surface area (Å²) in [5, 5.41) is 8.01. The molecule has 0 amide bonds. The van der Waals surface area contributed by atoms with Crippen LogP contribution in [0, 0.1) is 13.8 Å². The summed E-state index contributed by atoms with van der Waals surface area (Å²) < 4.78 is 2.01. The van der Waals surface area contributed by atoms with E-state index in [-0.39, 0.29) is 0 Å². The second-order valence-corrected chi connectivity index (χ2v) is 5.46. The first-order chi connectivity index (χ1) is 9.56. The first-order valence-electron chi connectivity index (χ1n) is 7.32. The van der Waals surface area contributed by atoms with E-state index in [1.54, 1.807) is 0 Å². The molecule has 1 N–H and O–H groups in total. The van der Waals surface area contributed by atoms with Crippen LogP contribution in [0.1, 0.15) is 41.0 Å². The molecule has 3 nitrogen and oxygen atoms in total. The van der Waals surface area contributed by atoms with Gasteiger partial charge in [0.1, 0.15) is 0 Å². The van der Waals surface area contributed by atoms with Gasteiger partial charge in [0, 0.05) is 25.2 Å². The van der Waals surface area contributed by atoms with Gasteiger partial charge in [0.15, 0.2) is 0 Å². The van der Waals surface area contributed by atoms with Crippen LogP contribution in [0.4, 0.5) is 0 Å². The Hall–Kier alpha value is -1.61. The number of nitrogens with zero attached hydrogens (tertiary/aromatic N) is 2. The second kappa shape index (κ2) is 6.23. The van der Waals surface area contributed by atoms with Crippen LogP contribution in [0.5, 0.6) is 0 Å². The van der Waals surface area contributed by atoms with Crippen LogP contribution >= 0.6 is 0 Å². The zero-order chi connectivity index (χ0) is 14.7. The smallest absolute Gasteiger partial charge is 0.0624 e. The number of aromatic nitrogens is 2. The summed E-state index contributed by atoms with van der Waals surface area (Å²) in [7, 11) is 4.07. The van der Waals surface area contributed by atoms with Crippen LogP contribution in [-0.2, 0) is 19.9 Å². The van der Waals surface area contributed by atoms with Crippen molar-refractivity contribution in [2.75, 3.05) is 7.05 Å². The topological polar surface area (TPSA) is 29.9 Å². The molecule has 1 atom stereocenters. The number of aryl methyl sites for hydroxylation is 4. The fourth-order valence-electron chi connectivity index (χ4n) is 2.87. The lowest BCUT2D eigenvalue weighted by Crippen LogP contribution is -2.22. The van der Waals surface area contributed by atoms with Crippen molar-refractivity contribution in [2.45, 2.75) is 39.7 Å². The van der Waals surface area contributed by atoms with Crippen molar-refractivity contribution in [3.05, 3.63) is 52.3 Å². The third-order valence-electron chi connectivity index (χ3n) is 4.04. The van der Waals surface area contributed by atoms with Crippen LogP contribution in [0.15, 0.2) is 24.3 Å². The Morgan fingerprint density at radius 1 is 1.25 bits per heavy atom. The molecular weight excluding hydrogens is 246 g/mol. The Morgan fingerprint density at radius 2 is 1.90 bits per heavy atom. The Bertz CT molecular complexity index is 564. The molecule has 0 fully saturated rings. The van der Waals surface area contributed by atoms with E-state index >= 15 is 0 Å². The molecule has 0 aliphatic heterocycles. The fraction of sp³-hybridized carbons (Fsp3) is 0.471. The third-order valence-corrected chi connectivity index (χ3v) is 4.04. The van der Waals surface area contributed by atoms with Gasteiger partial charge < -0.3 is 5.32 Å². The molecule has 0 saturated carbocycles. The van der Waals surface area contributed by atoms with Crippen molar-refractivity contribution in [2.24, 2.45) is 7.05 Å². The van der Waals surface area contributed by atoms with Gasteiger partial charge in [-0.2, -0.15) is 5.10 Å². The van der Waals surface area contributed by atoms with Crippen LogP contribution in [0.3, 0.4) is 0 Å². The highest BCUT2D eigenvalue weighted by Gasteiger charge is 2.17. The molecule has 20 heavy (non-hydrogen) atoms. The molecule has 0 aliphatic rings. The predicted octanol–water partition coefficient (Wildman–Crippen LogP) is 3.10. The van der Waals surface area contributed by atoms with E-state index in [1.807, 2.05) is 18.8 Å². The minimum absolute atomic E-state index is 0.330. The van der Waals surface area contributed by atoms with Gasteiger partial charge in [-0.15, -0.1) is 0 Å². The molecule has 1 heterocycles. The number of nitrogens with one attached hydrogen (secondary N) is 1. The number of likely N-dealkylation sites (N-methyl/N-ethyl adjacent to an activating group) is 1. The molecule has 0 spiro atoms. The van der Waals surface area contributed by atoms with Crippen LogP contribution < -0.4 is 5.32 Å². The Balaban J connectivity index is 2.31. The number of benzene rings is 1. The highest BCUT2D eigenvalue weighted by Crippen LogP contribution is 2.25. The predicted molar refractivity (Wildman–Crippen MR) is 84.0 cm³/mol. The molecule has 1 unspecified atom stereocenters. The Morgan fingerprint density at radius 3 is 2.40 bits per heavy atom. The van der Waals surface area contributed by atoms with Crippen molar-refractivity contribution >= 4 is 0 Å². The number of rotatable bonds is 5. The van der Waals surface area contributed by atoms with E-state index < -0.39 is 0 Å². The molecule has 108 valence electrons. The first kappa shape index (κ1) is 14.8. The molecule has 0 saturated heterocycles. The quantitative estimate of drug-likeness (QED) is 0.905. The van der Waals surface area contributed by atoms with Crippen molar-refractivity contribution < 1.29 is 0 Å². The van der Waals surface area contributed by atoms with E-state index in [1.165, 1.54) is 28.1 Å². The largest absolute Gasteiger partial charge is 0.313 e. The summed E-state index contributed by atoms with van der Waals surface area (Å²) in [4.78, 5) is 0. The minimum atomic E-state index is 0.330. The van der Waals surface area contributed by atoms with Gasteiger partial charge in [0.05, 0.1) is 5.69 Å². The van der Waals surface area contributed by atoms with Gasteiger partial charge >= 0.3 is 0 Å². The summed E-state index contributed by atoms with van der Waals surface area (Å²) in [5.41, 5.74) is 6.56. The van der Waals surface area contributed by atoms with Gasteiger partial charge in [-0.05, 0) is 50.1 Å². The van der Waals surface area contributed by atoms with Gasteiger partial charge in [0.2, 0.25) is 0 Å². The van der Waals surface area contributed by atoms with E-state index in [0.717, 1.165) is 12.8 Å². The van der Waals surface area contributed by atoms with E-state index in [4.69, 9.17) is 0 Å². The zero-order valence-electron chi connectivity index (χ0n) is 13.2. The average Bonchev–Trinajstić information content (AvgIpc) is 2.78. The molecule has 0 aliphatic carbocycles. The molecule has 2 rings (SSSR count). The Kier molecular flexibility index (Phi) is 4.61. The maximum absolute atomic E-state index is 4.54. The molecule has 1 aromatic heterocycles. The van der Waals surface area contributed by atoms with Crippen LogP contribution in [0.25, 0.3) is 0 Å². The van der Waals surface area contributed by atoms with Crippen molar-refractivity contribution in [1.82, 2.24) is 15.1 Å². The normalized spacial score (nSPS) is 12.7. The van der Waals surface area contributed by atoms with Gasteiger partial charge in [-0.25, -0.2) is 0 Å². The average molecular weight is 271 g/mol. The monoisotopic (exact) mass is 271 g/mol. The number of hydrogen-bond donors (Lipinski definition) is 1. The van der Waals surface area contributed by atoms with Crippen molar-refractivity contribution in [3.63, 3.8) is 0 Å². The lowest BCUT2D eigenvalue weighted by molar-refractivity contribution is 0.556. The zero-order valence-corrected chi connectivity index (χ0v) is 13.2. The molecule has 3 heteroatoms. The van der Waals surface area contributed by atoms with Crippen molar-refractivity contribution in [1.29, 1.82) is 0 Å². The van der Waals surface area contributed by atoms with E-state index in [9.17, 15) is 0 Å². The highest BCUT2D eigenvalue weighted by molar-refractivity contribution is 5.37. The third kappa shape index (κ3) is 2.93. The maximum Gasteiger partial charge on any atom is 0.0624 e. The summed E-state index contributed by atoms with van der Waals surface area (Å²) in [6.45, 7) is 6.52. The lowest BCUT2D eigenvalue weighted by atomic mass is 9.93. The summed E-state index contributed by atoms with van der Waals surface area (Å²) in [5.74, 6) is 0. The molecule has 2 aromatic rings. The molecule has 0 radical (unpaired) electrons. The standard InChI is InChI=1S/C17H25N3/c1-6-14-10-15(20(5)19-14)11-16(18-4)17-12(2)8-7-9-13(17)3/h7-10,16,18H,6,11H2,1-5H3. The van der Waals surface area contributed by atoms with Gasteiger partial charge in [-0.3, -0.25) is 4.68 Å². The lowest BCUT2D eigenvalue weighted by Gasteiger charge is -2.21. The Labute approximate surface area is 122 Å². The van der Waals surface area contributed by atoms with E-state index in [2.05, 4.69) is 55.5 Å². The molecule has 0 bridgehead atoms. The van der Waals surface area contributed by atoms with Crippen LogP contribution in [0.2, 0.25) is 0 Å². The minimum Gasteiger partial charge on any atom is -0.313 e. The summed E-state index contributed by atoms with van der Waals surface area (Å²) in [6.07, 6.45) is 1.95. The highest BCUT2D eigenvalue weighted by atomic mass is 15.3. The maximum atomic E-state index is 4.54. The summed E-state index contributed by atoms with van der Waals surface area (Å²) in [6, 6.07) is 9.05. The molecular formula is C17H25N3. The first-order valence-corrected chi connectivity index (χ1v) is 7.32. The summed E-state index contributed by atoms with van der Waals surface area (Å²) >= 11 is 0. The van der Waals surface area contributed by atoms with Crippen molar-refractivity contribution in [3.8, 4) is 0 Å². The molecule has 1 aromatic carbocycles. The second-order valence-electron chi connectivity index (χ2n) is 5.46. The fourth-order valence-corrected chi connectivity index (χ4v) is 2.87. The number of hydrogen-bond acceptors (Lipinski definition) is 2. The van der Waals surface area contributed by atoms with Crippen LogP contribution in [-0.4, -0.2) is 16.8 Å².